The van der Waals surface area contributed by atoms with Gasteiger partial charge >= 0.3 is 11.9 Å². The first-order valence-corrected chi connectivity index (χ1v) is 24.1. The van der Waals surface area contributed by atoms with Gasteiger partial charge in [-0.15, -0.1) is 0 Å². The highest BCUT2D eigenvalue weighted by molar-refractivity contribution is 5.70. The first kappa shape index (κ1) is 54.9. The van der Waals surface area contributed by atoms with Crippen LogP contribution in [0, 0.1) is 0 Å². The summed E-state index contributed by atoms with van der Waals surface area (Å²) in [6, 6.07) is 0. The molecule has 10 heteroatoms. The number of unbranched alkanes of at least 4 members (excludes halogenated alkanes) is 25. The Bertz CT molecular complexity index is 1060. The topological polar surface area (TPSA) is 152 Å². The summed E-state index contributed by atoms with van der Waals surface area (Å²) < 4.78 is 22.2. The van der Waals surface area contributed by atoms with E-state index in [1.54, 1.807) is 0 Å². The van der Waals surface area contributed by atoms with E-state index in [9.17, 15) is 30.0 Å². The van der Waals surface area contributed by atoms with Crippen molar-refractivity contribution >= 4 is 11.9 Å². The van der Waals surface area contributed by atoms with Gasteiger partial charge in [0.1, 0.15) is 31.0 Å². The fraction of sp³-hybridized carbons (Fsp3) is 0.837. The molecule has 1 aliphatic heterocycles. The minimum atomic E-state index is -1.60. The van der Waals surface area contributed by atoms with E-state index >= 15 is 0 Å². The van der Waals surface area contributed by atoms with E-state index in [4.69, 9.17) is 18.9 Å². The first-order chi connectivity index (χ1) is 28.8. The number of carbonyl (C=O) groups is 2. The molecule has 0 aromatic rings. The van der Waals surface area contributed by atoms with Crippen LogP contribution >= 0.6 is 0 Å². The summed E-state index contributed by atoms with van der Waals surface area (Å²) in [6.45, 7) is 3.29. The molecule has 4 N–H and O–H groups in total. The first-order valence-electron chi connectivity index (χ1n) is 24.1. The molecule has 0 amide bonds. The van der Waals surface area contributed by atoms with E-state index < -0.39 is 49.4 Å². The maximum absolute atomic E-state index is 12.8. The Hall–Kier alpha value is -2.08. The van der Waals surface area contributed by atoms with Crippen LogP contribution in [0.5, 0.6) is 0 Å². The molecule has 3 unspecified atom stereocenters. The van der Waals surface area contributed by atoms with E-state index in [1.165, 1.54) is 116 Å². The van der Waals surface area contributed by atoms with Gasteiger partial charge in [0, 0.05) is 12.8 Å². The molecule has 10 nitrogen and oxygen atoms in total. The van der Waals surface area contributed by atoms with Crippen LogP contribution in [-0.2, 0) is 28.5 Å². The molecule has 0 bridgehead atoms. The molecule has 0 spiro atoms. The average molecular weight is 837 g/mol. The number of aliphatic hydroxyl groups is 4. The minimum Gasteiger partial charge on any atom is -0.462 e. The van der Waals surface area contributed by atoms with Gasteiger partial charge in [-0.2, -0.15) is 0 Å². The summed E-state index contributed by atoms with van der Waals surface area (Å²) in [5.41, 5.74) is 0. The number of carbonyl (C=O) groups excluding carboxylic acids is 2. The maximum atomic E-state index is 12.8. The molecule has 6 atom stereocenters. The van der Waals surface area contributed by atoms with Crippen molar-refractivity contribution in [3.63, 3.8) is 0 Å². The van der Waals surface area contributed by atoms with Crippen molar-refractivity contribution in [3.8, 4) is 0 Å². The van der Waals surface area contributed by atoms with Gasteiger partial charge in [-0.05, 0) is 32.1 Å². The van der Waals surface area contributed by atoms with Crippen LogP contribution < -0.4 is 0 Å². The zero-order chi connectivity index (χ0) is 43.0. The van der Waals surface area contributed by atoms with Crippen molar-refractivity contribution in [3.05, 3.63) is 36.5 Å². The van der Waals surface area contributed by atoms with Crippen LogP contribution in [0.4, 0.5) is 0 Å². The predicted molar refractivity (Wildman–Crippen MR) is 238 cm³/mol. The number of hydrogen-bond acceptors (Lipinski definition) is 10. The van der Waals surface area contributed by atoms with Gasteiger partial charge in [0.2, 0.25) is 0 Å². The Morgan fingerprint density at radius 2 is 1.00 bits per heavy atom. The highest BCUT2D eigenvalue weighted by atomic mass is 16.7. The number of esters is 2. The monoisotopic (exact) mass is 837 g/mol. The van der Waals surface area contributed by atoms with E-state index in [0.717, 1.165) is 57.8 Å². The van der Waals surface area contributed by atoms with Crippen molar-refractivity contribution in [2.24, 2.45) is 0 Å². The van der Waals surface area contributed by atoms with Crippen LogP contribution in [-0.4, -0.2) is 89.0 Å². The maximum Gasteiger partial charge on any atom is 0.306 e. The third-order valence-corrected chi connectivity index (χ3v) is 11.1. The van der Waals surface area contributed by atoms with Gasteiger partial charge in [0.15, 0.2) is 12.4 Å². The molecule has 1 rings (SSSR count). The zero-order valence-corrected chi connectivity index (χ0v) is 37.5. The second-order valence-electron chi connectivity index (χ2n) is 16.6. The lowest BCUT2D eigenvalue weighted by Crippen LogP contribution is -2.59. The number of aliphatic hydroxyl groups excluding tert-OH is 4. The quantitative estimate of drug-likeness (QED) is 0.0267. The van der Waals surface area contributed by atoms with E-state index in [2.05, 4.69) is 32.1 Å². The molecule has 0 aromatic carbocycles. The zero-order valence-electron chi connectivity index (χ0n) is 37.5. The fourth-order valence-corrected chi connectivity index (χ4v) is 7.31. The normalized spacial score (nSPS) is 20.3. The van der Waals surface area contributed by atoms with Gasteiger partial charge in [0.05, 0.1) is 13.2 Å². The molecule has 0 saturated carbocycles. The second-order valence-corrected chi connectivity index (χ2v) is 16.6. The minimum absolute atomic E-state index is 0.208. The molecular formula is C49H88O10. The van der Waals surface area contributed by atoms with Gasteiger partial charge < -0.3 is 39.4 Å². The smallest absolute Gasteiger partial charge is 0.306 e. The Balaban J connectivity index is 2.25. The lowest BCUT2D eigenvalue weighted by Gasteiger charge is -2.39. The van der Waals surface area contributed by atoms with Crippen molar-refractivity contribution < 1.29 is 49.0 Å². The molecule has 59 heavy (non-hydrogen) atoms. The van der Waals surface area contributed by atoms with Crippen molar-refractivity contribution in [1.82, 2.24) is 0 Å². The molecule has 0 aliphatic carbocycles. The van der Waals surface area contributed by atoms with Gasteiger partial charge in [-0.25, -0.2) is 0 Å². The molecule has 1 aliphatic rings. The SMILES string of the molecule is CC/C=C/C=C/C=C/CCCCCCCC(=O)OC(COC(=O)CCCCCCCCCCCCCCCCCCCCCCC)CO[C@H]1O[C@@H](CO)[C@@H](O)C(O)C1O. The standard InChI is InChI=1S/C49H88O10/c1-3-5-7-9-11-13-15-17-18-19-20-21-22-23-24-26-27-29-31-33-35-37-44(51)56-40-42(41-57-49-48(55)47(54)46(53)43(39-50)59-49)58-45(52)38-36-34-32-30-28-25-16-14-12-10-8-6-4-2/h6,8,10,12,14,16,42-43,46-50,53-55H,3-5,7,9,11,13,15,17-41H2,1-2H3/b8-6+,12-10+,16-14+/t42?,43-,46+,47?,48?,49-/m0/s1. The largest absolute Gasteiger partial charge is 0.462 e. The van der Waals surface area contributed by atoms with Crippen molar-refractivity contribution in [1.29, 1.82) is 0 Å². The Morgan fingerprint density at radius 3 is 1.49 bits per heavy atom. The van der Waals surface area contributed by atoms with Crippen LogP contribution in [0.15, 0.2) is 36.5 Å². The summed E-state index contributed by atoms with van der Waals surface area (Å²) >= 11 is 0. The molecule has 1 heterocycles. The summed E-state index contributed by atoms with van der Waals surface area (Å²) in [4.78, 5) is 25.4. The highest BCUT2D eigenvalue weighted by Gasteiger charge is 2.44. The predicted octanol–water partition coefficient (Wildman–Crippen LogP) is 10.7. The molecule has 344 valence electrons. The number of ether oxygens (including phenoxy) is 4. The van der Waals surface area contributed by atoms with Crippen LogP contribution in [0.25, 0.3) is 0 Å². The molecule has 0 radical (unpaired) electrons. The van der Waals surface area contributed by atoms with Gasteiger partial charge in [-0.3, -0.25) is 9.59 Å². The fourth-order valence-electron chi connectivity index (χ4n) is 7.31. The molecule has 0 aromatic heterocycles. The van der Waals surface area contributed by atoms with Gasteiger partial charge in [0.25, 0.3) is 0 Å². The average Bonchev–Trinajstić information content (AvgIpc) is 3.23. The van der Waals surface area contributed by atoms with Crippen molar-refractivity contribution in [2.45, 2.75) is 243 Å². The molecule has 1 saturated heterocycles. The number of rotatable bonds is 40. The Labute approximate surface area is 359 Å². The van der Waals surface area contributed by atoms with Crippen molar-refractivity contribution in [2.75, 3.05) is 19.8 Å². The third kappa shape index (κ3) is 31.4. The lowest BCUT2D eigenvalue weighted by atomic mass is 9.99. The van der Waals surface area contributed by atoms with E-state index in [1.807, 2.05) is 18.2 Å². The van der Waals surface area contributed by atoms with Crippen LogP contribution in [0.2, 0.25) is 0 Å². The summed E-state index contributed by atoms with van der Waals surface area (Å²) in [7, 11) is 0. The second kappa shape index (κ2) is 40.0. The Morgan fingerprint density at radius 1 is 0.542 bits per heavy atom. The number of allylic oxidation sites excluding steroid dienone is 6. The summed E-state index contributed by atoms with van der Waals surface area (Å²) in [6.07, 6.45) is 38.8. The lowest BCUT2D eigenvalue weighted by molar-refractivity contribution is -0.305. The van der Waals surface area contributed by atoms with Gasteiger partial charge in [-0.1, -0.05) is 198 Å². The molecule has 1 fully saturated rings. The Kier molecular flexibility index (Phi) is 37.3. The number of hydrogen-bond donors (Lipinski definition) is 4. The summed E-state index contributed by atoms with van der Waals surface area (Å²) in [5, 5.41) is 40.1. The molecular weight excluding hydrogens is 749 g/mol. The van der Waals surface area contributed by atoms with E-state index in [-0.39, 0.29) is 32.0 Å². The third-order valence-electron chi connectivity index (χ3n) is 11.1. The van der Waals surface area contributed by atoms with Crippen LogP contribution in [0.3, 0.4) is 0 Å². The summed E-state index contributed by atoms with van der Waals surface area (Å²) in [5.74, 6) is -0.824. The van der Waals surface area contributed by atoms with E-state index in [0.29, 0.717) is 6.42 Å². The highest BCUT2D eigenvalue weighted by Crippen LogP contribution is 2.23. The van der Waals surface area contributed by atoms with Crippen LogP contribution in [0.1, 0.15) is 206 Å².